The summed E-state index contributed by atoms with van der Waals surface area (Å²) in [6, 6.07) is 20.4. The number of nitrogens with one attached hydrogen (secondary N) is 2. The van der Waals surface area contributed by atoms with Crippen LogP contribution in [0.25, 0.3) is 22.0 Å². The van der Waals surface area contributed by atoms with Crippen molar-refractivity contribution in [3.8, 4) is 22.6 Å². The number of halogens is 3. The molecule has 3 saturated heterocycles. The molecule has 5 heterocycles. The zero-order valence-corrected chi connectivity index (χ0v) is 43.8. The fourth-order valence-corrected chi connectivity index (χ4v) is 14.1. The first kappa shape index (κ1) is 51.0. The van der Waals surface area contributed by atoms with E-state index < -0.39 is 35.1 Å². The lowest BCUT2D eigenvalue weighted by molar-refractivity contribution is -0.139. The molecule has 0 unspecified atom stereocenters. The minimum Gasteiger partial charge on any atom is -0.494 e. The predicted molar refractivity (Wildman–Crippen MR) is 283 cm³/mol. The molecule has 17 heteroatoms. The fraction of sp³-hybridized carbons (Fsp3) is 0.500. The third-order valence-corrected chi connectivity index (χ3v) is 18.7. The maximum atomic E-state index is 16.3. The first-order valence-corrected chi connectivity index (χ1v) is 27.3. The Morgan fingerprint density at radius 2 is 1.61 bits per heavy atom. The number of imide groups is 1. The van der Waals surface area contributed by atoms with Crippen molar-refractivity contribution in [1.82, 2.24) is 30.2 Å². The lowest BCUT2D eigenvalue weighted by Gasteiger charge is -2.49. The van der Waals surface area contributed by atoms with Gasteiger partial charge in [0.1, 0.15) is 11.6 Å². The number of rotatable bonds is 11. The average Bonchev–Trinajstić information content (AvgIpc) is 3.93. The molecule has 396 valence electrons. The lowest BCUT2D eigenvalue weighted by Crippen LogP contribution is -2.50. The van der Waals surface area contributed by atoms with E-state index in [4.69, 9.17) is 26.8 Å². The summed E-state index contributed by atoms with van der Waals surface area (Å²) < 4.78 is 46.0. The molecule has 75 heavy (non-hydrogen) atoms. The standard InChI is InChI=1S/C58H67ClF2N8O6/c1-34-48-46(32-43(60)51(59)50(48)49-42(53(62)71)15-16-45(74-3)52(49)61)75-58(34,38-7-5-4-6-8-38)33-63-39-12-9-36(10-13-39)55(72)68-29-24-57(25-30-68)22-17-40(18-23-57)67-26-19-35(20-27-67)37-11-14-41-44(31-37)66(2)65-54(41)69-28-21-47(70)64-56(69)73/h4-8,11,14-16,31-32,34-36,39-40,63H,9-10,12-13,17-30,33H2,1-3H3,(H2,62,71)(H,64,70,73)/t34-,36?,39?,58-/m0/s1. The molecule has 6 aliphatic rings. The van der Waals surface area contributed by atoms with Gasteiger partial charge in [0.2, 0.25) is 17.7 Å². The smallest absolute Gasteiger partial charge is 0.329 e. The predicted octanol–water partition coefficient (Wildman–Crippen LogP) is 9.70. The van der Waals surface area contributed by atoms with Crippen LogP contribution in [0.3, 0.4) is 0 Å². The highest BCUT2D eigenvalue weighted by Crippen LogP contribution is 2.57. The van der Waals surface area contributed by atoms with Gasteiger partial charge in [-0.15, -0.1) is 0 Å². The van der Waals surface area contributed by atoms with Gasteiger partial charge in [0.05, 0.1) is 23.2 Å². The maximum Gasteiger partial charge on any atom is 0.329 e. The van der Waals surface area contributed by atoms with E-state index in [-0.39, 0.29) is 63.4 Å². The number of likely N-dealkylation sites (tertiary alicyclic amines) is 2. The number of piperidine rings is 2. The Kier molecular flexibility index (Phi) is 13.9. The number of ether oxygens (including phenoxy) is 2. The van der Waals surface area contributed by atoms with Crippen molar-refractivity contribution in [3.05, 3.63) is 106 Å². The van der Waals surface area contributed by atoms with Gasteiger partial charge >= 0.3 is 6.03 Å². The van der Waals surface area contributed by atoms with Gasteiger partial charge in [0, 0.05) is 91.7 Å². The molecule has 2 saturated carbocycles. The summed E-state index contributed by atoms with van der Waals surface area (Å²) in [4.78, 5) is 57.6. The third-order valence-electron chi connectivity index (χ3n) is 18.3. The largest absolute Gasteiger partial charge is 0.494 e. The number of anilines is 1. The molecule has 2 aliphatic carbocycles. The third kappa shape index (κ3) is 9.32. The maximum absolute atomic E-state index is 16.3. The van der Waals surface area contributed by atoms with E-state index in [9.17, 15) is 19.2 Å². The summed E-state index contributed by atoms with van der Waals surface area (Å²) in [5, 5.41) is 11.4. The number of nitrogens with two attached hydrogens (primary N) is 1. The van der Waals surface area contributed by atoms with Crippen LogP contribution in [0.15, 0.2) is 66.7 Å². The van der Waals surface area contributed by atoms with Gasteiger partial charge in [-0.05, 0) is 137 Å². The van der Waals surface area contributed by atoms with Crippen molar-refractivity contribution < 1.29 is 37.4 Å². The molecule has 4 aliphatic heterocycles. The van der Waals surface area contributed by atoms with Crippen LogP contribution in [0, 0.1) is 23.0 Å². The molecule has 5 amide bonds. The van der Waals surface area contributed by atoms with Crippen LogP contribution in [-0.4, -0.2) is 102 Å². The van der Waals surface area contributed by atoms with Crippen LogP contribution in [-0.2, 0) is 22.2 Å². The number of aromatic nitrogens is 2. The molecular weight excluding hydrogens is 978 g/mol. The van der Waals surface area contributed by atoms with Crippen LogP contribution in [0.5, 0.6) is 11.5 Å². The van der Waals surface area contributed by atoms with E-state index in [1.54, 1.807) is 4.90 Å². The normalized spacial score (nSPS) is 24.6. The number of amides is 5. The number of primary amides is 1. The fourth-order valence-electron chi connectivity index (χ4n) is 13.8. The highest BCUT2D eigenvalue weighted by Gasteiger charge is 2.51. The van der Waals surface area contributed by atoms with Crippen LogP contribution in [0.2, 0.25) is 5.02 Å². The summed E-state index contributed by atoms with van der Waals surface area (Å²) in [6.45, 7) is 6.42. The molecule has 1 spiro atoms. The van der Waals surface area contributed by atoms with Gasteiger partial charge in [-0.3, -0.25) is 29.3 Å². The summed E-state index contributed by atoms with van der Waals surface area (Å²) in [6.07, 6.45) is 12.6. The van der Waals surface area contributed by atoms with Crippen molar-refractivity contribution in [3.63, 3.8) is 0 Å². The van der Waals surface area contributed by atoms with Gasteiger partial charge in [0.15, 0.2) is 23.0 Å². The highest BCUT2D eigenvalue weighted by atomic mass is 35.5. The number of hydrogen-bond acceptors (Lipinski definition) is 9. The number of methoxy groups -OCH3 is 1. The zero-order valence-electron chi connectivity index (χ0n) is 43.1. The number of aryl methyl sites for hydroxylation is 1. The first-order valence-electron chi connectivity index (χ1n) is 26.9. The van der Waals surface area contributed by atoms with Crippen LogP contribution >= 0.6 is 11.6 Å². The Hall–Kier alpha value is -6.10. The van der Waals surface area contributed by atoms with Gasteiger partial charge in [-0.2, -0.15) is 5.10 Å². The van der Waals surface area contributed by atoms with Crippen LogP contribution in [0.1, 0.15) is 129 Å². The summed E-state index contributed by atoms with van der Waals surface area (Å²) in [5.41, 5.74) is 8.24. The van der Waals surface area contributed by atoms with E-state index in [1.165, 1.54) is 56.6 Å². The Morgan fingerprint density at radius 3 is 2.29 bits per heavy atom. The van der Waals surface area contributed by atoms with Crippen molar-refractivity contribution in [1.29, 1.82) is 0 Å². The summed E-state index contributed by atoms with van der Waals surface area (Å²) in [5.74, 6) is -1.97. The van der Waals surface area contributed by atoms with E-state index in [1.807, 2.05) is 49.0 Å². The molecule has 5 aromatic rings. The quantitative estimate of drug-likeness (QED) is 0.117. The topological polar surface area (TPSA) is 164 Å². The minimum atomic E-state index is -1.06. The number of carbonyl (C=O) groups excluding carboxylic acids is 4. The average molecular weight is 1050 g/mol. The van der Waals surface area contributed by atoms with Crippen molar-refractivity contribution in [2.24, 2.45) is 24.1 Å². The van der Waals surface area contributed by atoms with Gasteiger partial charge < -0.3 is 30.3 Å². The second-order valence-corrected chi connectivity index (χ2v) is 22.6. The molecule has 2 atom stereocenters. The monoisotopic (exact) mass is 1040 g/mol. The van der Waals surface area contributed by atoms with Crippen LogP contribution in [0.4, 0.5) is 19.4 Å². The van der Waals surface area contributed by atoms with E-state index in [2.05, 4.69) is 43.7 Å². The SMILES string of the molecule is COc1ccc(C(N)=O)c(-c2c(Cl)c(F)cc3c2[C@H](C)[C@@](CNC2CCC(C(=O)N4CCC5(CCC(N6CCC(c7ccc8c(N9CCC(=O)NC9=O)nn(C)c8c7)CC6)CC5)CC4)CC2)(c2ccccc2)O3)c1F. The molecule has 5 fully saturated rings. The molecule has 4 N–H and O–H groups in total. The molecule has 11 rings (SSSR count). The Morgan fingerprint density at radius 1 is 0.893 bits per heavy atom. The second kappa shape index (κ2) is 20.5. The van der Waals surface area contributed by atoms with Crippen LogP contribution < -0.4 is 30.7 Å². The number of fused-ring (bicyclic) bond motifs is 2. The van der Waals surface area contributed by atoms with Crippen molar-refractivity contribution >= 4 is 52.1 Å². The van der Waals surface area contributed by atoms with Gasteiger partial charge in [-0.1, -0.05) is 54.9 Å². The number of benzene rings is 4. The summed E-state index contributed by atoms with van der Waals surface area (Å²) >= 11 is 6.72. The Balaban J connectivity index is 0.671. The lowest BCUT2D eigenvalue weighted by atomic mass is 9.66. The first-order chi connectivity index (χ1) is 36.2. The van der Waals surface area contributed by atoms with Gasteiger partial charge in [-0.25, -0.2) is 13.6 Å². The molecule has 0 bridgehead atoms. The second-order valence-electron chi connectivity index (χ2n) is 22.2. The van der Waals surface area contributed by atoms with Gasteiger partial charge in [0.25, 0.3) is 0 Å². The molecule has 14 nitrogen and oxygen atoms in total. The van der Waals surface area contributed by atoms with Crippen molar-refractivity contribution in [2.75, 3.05) is 51.3 Å². The van der Waals surface area contributed by atoms with E-state index >= 15 is 8.78 Å². The van der Waals surface area contributed by atoms with E-state index in [0.29, 0.717) is 41.8 Å². The summed E-state index contributed by atoms with van der Waals surface area (Å²) in [7, 11) is 3.22. The number of nitrogens with zero attached hydrogens (tertiary/aromatic N) is 5. The Bertz CT molecular complexity index is 3030. The molecular formula is C58H67ClF2N8O6. The molecule has 1 aromatic heterocycles. The number of hydrogen-bond donors (Lipinski definition) is 3. The van der Waals surface area contributed by atoms with Crippen molar-refractivity contribution in [2.45, 2.75) is 120 Å². The molecule has 4 aromatic carbocycles. The minimum absolute atomic E-state index is 0.00688. The zero-order chi connectivity index (χ0) is 52.3. The highest BCUT2D eigenvalue weighted by molar-refractivity contribution is 6.34. The number of carbonyl (C=O) groups is 4. The molecule has 0 radical (unpaired) electrons. The Labute approximate surface area is 441 Å². The number of urea groups is 1. The van der Waals surface area contributed by atoms with E-state index in [0.717, 1.165) is 94.0 Å².